The molecule has 0 N–H and O–H groups in total. The summed E-state index contributed by atoms with van der Waals surface area (Å²) in [6.07, 6.45) is 4.95. The van der Waals surface area contributed by atoms with Crippen molar-refractivity contribution in [3.8, 4) is 11.4 Å². The lowest BCUT2D eigenvalue weighted by molar-refractivity contribution is -0.691. The summed E-state index contributed by atoms with van der Waals surface area (Å²) in [6, 6.07) is 10.8. The molecule has 0 aliphatic carbocycles. The van der Waals surface area contributed by atoms with Crippen LogP contribution in [0.3, 0.4) is 0 Å². The molecule has 0 bridgehead atoms. The van der Waals surface area contributed by atoms with Crippen LogP contribution >= 0.6 is 0 Å². The number of hydrogen-bond donors (Lipinski definition) is 0. The number of nitrogens with zero attached hydrogens (tertiary/aromatic N) is 2. The molecule has 0 saturated heterocycles. The topological polar surface area (TPSA) is 8.81 Å². The molecule has 3 heteroatoms. The van der Waals surface area contributed by atoms with Gasteiger partial charge in [-0.3, -0.25) is 0 Å². The van der Waals surface area contributed by atoms with Crippen molar-refractivity contribution in [1.82, 2.24) is 4.57 Å². The fourth-order valence-corrected chi connectivity index (χ4v) is 2.93. The Morgan fingerprint density at radius 3 is 2.18 bits per heavy atom. The second-order valence-electron chi connectivity index (χ2n) is 5.87. The molecular weight excluding hydrogens is 383 g/mol. The summed E-state index contributed by atoms with van der Waals surface area (Å²) in [6.45, 7) is 11.3. The Hall–Kier alpha value is -0.840. The molecule has 1 aromatic carbocycles. The molecule has 0 amide bonds. The molecule has 2 rings (SSSR count). The minimum Gasteiger partial charge on any atom is -1.00 e. The van der Waals surface area contributed by atoms with Gasteiger partial charge in [0.05, 0.1) is 18.7 Å². The van der Waals surface area contributed by atoms with Crippen molar-refractivity contribution in [1.29, 1.82) is 0 Å². The van der Waals surface area contributed by atoms with Gasteiger partial charge in [-0.25, -0.2) is 9.13 Å². The summed E-state index contributed by atoms with van der Waals surface area (Å²) >= 11 is 0. The van der Waals surface area contributed by atoms with Crippen LogP contribution in [-0.4, -0.2) is 4.57 Å². The zero-order chi connectivity index (χ0) is 15.2. The Kier molecular flexibility index (Phi) is 8.15. The maximum atomic E-state index is 2.52. The third kappa shape index (κ3) is 4.12. The molecule has 122 valence electrons. The molecule has 0 aliphatic heterocycles. The highest BCUT2D eigenvalue weighted by Crippen LogP contribution is 2.21. The molecule has 1 heterocycles. The molecule has 0 spiro atoms. The molecule has 1 aromatic heterocycles. The minimum absolute atomic E-state index is 0. The first kappa shape index (κ1) is 19.2. The summed E-state index contributed by atoms with van der Waals surface area (Å²) in [5.41, 5.74) is 4.16. The summed E-state index contributed by atoms with van der Waals surface area (Å²) in [7, 11) is 0. The van der Waals surface area contributed by atoms with Gasteiger partial charge in [0.25, 0.3) is 5.82 Å². The predicted molar refractivity (Wildman–Crippen MR) is 89.4 cm³/mol. The highest BCUT2D eigenvalue weighted by molar-refractivity contribution is 5.53. The van der Waals surface area contributed by atoms with E-state index >= 15 is 0 Å². The van der Waals surface area contributed by atoms with E-state index in [1.807, 2.05) is 0 Å². The predicted octanol–water partition coefficient (Wildman–Crippen LogP) is 1.66. The summed E-state index contributed by atoms with van der Waals surface area (Å²) in [4.78, 5) is 0. The van der Waals surface area contributed by atoms with E-state index in [0.717, 1.165) is 13.1 Å². The lowest BCUT2D eigenvalue weighted by Gasteiger charge is -2.06. The Balaban J connectivity index is 0.00000242. The molecule has 22 heavy (non-hydrogen) atoms. The normalized spacial score (nSPS) is 10.5. The molecule has 0 aliphatic rings. The fourth-order valence-electron chi connectivity index (χ4n) is 2.93. The van der Waals surface area contributed by atoms with E-state index < -0.39 is 0 Å². The highest BCUT2D eigenvalue weighted by Gasteiger charge is 2.26. The van der Waals surface area contributed by atoms with Crippen LogP contribution < -0.4 is 28.5 Å². The first-order chi connectivity index (χ1) is 10.2. The van der Waals surface area contributed by atoms with E-state index in [2.05, 4.69) is 67.2 Å². The Morgan fingerprint density at radius 2 is 1.59 bits per heavy atom. The van der Waals surface area contributed by atoms with E-state index in [4.69, 9.17) is 0 Å². The second-order valence-corrected chi connectivity index (χ2v) is 5.87. The first-order valence-electron chi connectivity index (χ1n) is 8.35. The van der Waals surface area contributed by atoms with Crippen molar-refractivity contribution in [2.45, 2.75) is 66.5 Å². The lowest BCUT2D eigenvalue weighted by Crippen LogP contribution is -3.00. The zero-order valence-electron chi connectivity index (χ0n) is 14.4. The van der Waals surface area contributed by atoms with E-state index in [-0.39, 0.29) is 24.0 Å². The van der Waals surface area contributed by atoms with Gasteiger partial charge >= 0.3 is 0 Å². The monoisotopic (exact) mass is 412 g/mol. The van der Waals surface area contributed by atoms with Crippen LogP contribution in [0, 0.1) is 13.8 Å². The summed E-state index contributed by atoms with van der Waals surface area (Å²) < 4.78 is 5.04. The van der Waals surface area contributed by atoms with Gasteiger partial charge in [0.2, 0.25) is 0 Å². The van der Waals surface area contributed by atoms with Crippen molar-refractivity contribution in [2.24, 2.45) is 0 Å². The molecule has 2 aromatic rings. The van der Waals surface area contributed by atoms with Gasteiger partial charge in [-0.05, 0) is 25.0 Å². The first-order valence-corrected chi connectivity index (χ1v) is 8.35. The third-order valence-corrected chi connectivity index (χ3v) is 4.35. The molecule has 0 saturated carbocycles. The largest absolute Gasteiger partial charge is 1.00 e. The maximum Gasteiger partial charge on any atom is 0.289 e. The van der Waals surface area contributed by atoms with Gasteiger partial charge in [0, 0.05) is 13.8 Å². The van der Waals surface area contributed by atoms with Gasteiger partial charge < -0.3 is 24.0 Å². The smallest absolute Gasteiger partial charge is 0.289 e. The zero-order valence-corrected chi connectivity index (χ0v) is 16.6. The number of halogens is 1. The Morgan fingerprint density at radius 1 is 0.955 bits per heavy atom. The van der Waals surface area contributed by atoms with Gasteiger partial charge in [-0.2, -0.15) is 0 Å². The maximum absolute atomic E-state index is 2.52. The number of benzene rings is 1. The van der Waals surface area contributed by atoms with E-state index in [0.29, 0.717) is 0 Å². The Bertz CT molecular complexity index is 541. The quantitative estimate of drug-likeness (QED) is 0.483. The highest BCUT2D eigenvalue weighted by atomic mass is 127. The van der Waals surface area contributed by atoms with Gasteiger partial charge in [0.15, 0.2) is 0 Å². The second kappa shape index (κ2) is 9.33. The van der Waals surface area contributed by atoms with Crippen LogP contribution in [0.1, 0.15) is 50.9 Å². The molecule has 0 fully saturated rings. The van der Waals surface area contributed by atoms with Crippen LogP contribution in [0.4, 0.5) is 0 Å². The SMILES string of the molecule is CCCCn1c(C)c(C)[n+](CCCC)c1-c1ccccc1.[I-]. The van der Waals surface area contributed by atoms with Crippen molar-refractivity contribution >= 4 is 0 Å². The van der Waals surface area contributed by atoms with Crippen LogP contribution in [-0.2, 0) is 13.1 Å². The van der Waals surface area contributed by atoms with E-state index in [1.165, 1.54) is 48.5 Å². The van der Waals surface area contributed by atoms with E-state index in [9.17, 15) is 0 Å². The standard InChI is InChI=1S/C19H29N2.HI/c1-5-7-14-20-16(3)17(4)21(15-8-6-2)19(20)18-12-10-9-11-13-18;/h9-13H,5-8,14-15H2,1-4H3;1H/q+1;/p-1. The lowest BCUT2D eigenvalue weighted by atomic mass is 10.2. The summed E-state index contributed by atoms with van der Waals surface area (Å²) in [5.74, 6) is 1.38. The minimum atomic E-state index is 0. The van der Waals surface area contributed by atoms with Crippen molar-refractivity contribution in [2.75, 3.05) is 0 Å². The molecule has 0 unspecified atom stereocenters. The number of hydrogen-bond acceptors (Lipinski definition) is 0. The van der Waals surface area contributed by atoms with Crippen molar-refractivity contribution in [3.63, 3.8) is 0 Å². The average Bonchev–Trinajstić information content (AvgIpc) is 2.76. The molecular formula is C19H29IN2. The van der Waals surface area contributed by atoms with Crippen LogP contribution in [0.15, 0.2) is 30.3 Å². The number of imidazole rings is 1. The van der Waals surface area contributed by atoms with Crippen LogP contribution in [0.2, 0.25) is 0 Å². The van der Waals surface area contributed by atoms with Gasteiger partial charge in [-0.15, -0.1) is 0 Å². The summed E-state index contributed by atoms with van der Waals surface area (Å²) in [5, 5.41) is 0. The fraction of sp³-hybridized carbons (Fsp3) is 0.526. The van der Waals surface area contributed by atoms with Crippen LogP contribution in [0.5, 0.6) is 0 Å². The van der Waals surface area contributed by atoms with E-state index in [1.54, 1.807) is 0 Å². The number of unbranched alkanes of at least 4 members (excludes halogenated alkanes) is 2. The Labute approximate surface area is 152 Å². The van der Waals surface area contributed by atoms with Crippen LogP contribution in [0.25, 0.3) is 11.4 Å². The van der Waals surface area contributed by atoms with Gasteiger partial charge in [0.1, 0.15) is 11.4 Å². The average molecular weight is 412 g/mol. The molecule has 0 radical (unpaired) electrons. The molecule has 2 nitrogen and oxygen atoms in total. The number of aromatic nitrogens is 2. The van der Waals surface area contributed by atoms with Crippen molar-refractivity contribution in [3.05, 3.63) is 41.7 Å². The van der Waals surface area contributed by atoms with Gasteiger partial charge in [-0.1, -0.05) is 44.9 Å². The van der Waals surface area contributed by atoms with Crippen molar-refractivity contribution < 1.29 is 28.5 Å². The number of rotatable bonds is 7. The molecule has 0 atom stereocenters. The third-order valence-electron chi connectivity index (χ3n) is 4.35.